The molecule has 3 rings (SSSR count). The van der Waals surface area contributed by atoms with Crippen molar-refractivity contribution < 1.29 is 19.1 Å². The van der Waals surface area contributed by atoms with Gasteiger partial charge in [-0.1, -0.05) is 12.1 Å². The maximum absolute atomic E-state index is 12.3. The summed E-state index contributed by atoms with van der Waals surface area (Å²) in [4.78, 5) is 24.4. The molecule has 0 heterocycles. The molecule has 0 aromatic heterocycles. The molecule has 1 aliphatic carbocycles. The van der Waals surface area contributed by atoms with Gasteiger partial charge in [-0.3, -0.25) is 9.59 Å². The number of anilines is 1. The lowest BCUT2D eigenvalue weighted by Gasteiger charge is -2.10. The van der Waals surface area contributed by atoms with Crippen molar-refractivity contribution in [1.29, 1.82) is 0 Å². The highest BCUT2D eigenvalue weighted by molar-refractivity contribution is 5.97. The first kappa shape index (κ1) is 17.8. The van der Waals surface area contributed by atoms with E-state index < -0.39 is 0 Å². The summed E-state index contributed by atoms with van der Waals surface area (Å²) in [5.74, 6) is 0.919. The molecule has 2 aromatic rings. The van der Waals surface area contributed by atoms with Crippen LogP contribution in [0.5, 0.6) is 11.5 Å². The van der Waals surface area contributed by atoms with Crippen LogP contribution in [0.15, 0.2) is 42.5 Å². The lowest BCUT2D eigenvalue weighted by atomic mass is 10.1. The van der Waals surface area contributed by atoms with Gasteiger partial charge in [0, 0.05) is 17.3 Å². The molecule has 0 radical (unpaired) electrons. The number of ether oxygens (including phenoxy) is 2. The van der Waals surface area contributed by atoms with E-state index in [4.69, 9.17) is 9.47 Å². The van der Waals surface area contributed by atoms with E-state index in [2.05, 4.69) is 10.6 Å². The van der Waals surface area contributed by atoms with Gasteiger partial charge in [0.25, 0.3) is 5.91 Å². The molecule has 2 N–H and O–H groups in total. The summed E-state index contributed by atoms with van der Waals surface area (Å²) in [7, 11) is 3.12. The van der Waals surface area contributed by atoms with Crippen LogP contribution in [-0.4, -0.2) is 32.1 Å². The fourth-order valence-corrected chi connectivity index (χ4v) is 2.62. The molecule has 1 aliphatic rings. The lowest BCUT2D eigenvalue weighted by Crippen LogP contribution is -2.25. The molecular weight excluding hydrogens is 332 g/mol. The molecule has 1 fully saturated rings. The van der Waals surface area contributed by atoms with Crippen molar-refractivity contribution in [2.24, 2.45) is 0 Å². The Morgan fingerprint density at radius 3 is 2.50 bits per heavy atom. The van der Waals surface area contributed by atoms with Crippen LogP contribution in [-0.2, 0) is 11.2 Å². The third-order valence-corrected chi connectivity index (χ3v) is 4.13. The summed E-state index contributed by atoms with van der Waals surface area (Å²) in [6.07, 6.45) is 2.26. The van der Waals surface area contributed by atoms with Gasteiger partial charge in [0.1, 0.15) is 0 Å². The van der Waals surface area contributed by atoms with E-state index >= 15 is 0 Å². The second-order valence-electron chi connectivity index (χ2n) is 6.24. The van der Waals surface area contributed by atoms with E-state index in [-0.39, 0.29) is 18.2 Å². The van der Waals surface area contributed by atoms with Crippen LogP contribution in [0.1, 0.15) is 28.8 Å². The van der Waals surface area contributed by atoms with Crippen LogP contribution in [0, 0.1) is 0 Å². The van der Waals surface area contributed by atoms with Crippen molar-refractivity contribution in [2.45, 2.75) is 25.3 Å². The molecule has 0 bridgehead atoms. The van der Waals surface area contributed by atoms with E-state index in [1.54, 1.807) is 50.6 Å². The van der Waals surface area contributed by atoms with Gasteiger partial charge in [0.05, 0.1) is 20.6 Å². The predicted molar refractivity (Wildman–Crippen MR) is 98.8 cm³/mol. The number of amides is 2. The van der Waals surface area contributed by atoms with Gasteiger partial charge in [-0.25, -0.2) is 0 Å². The Kier molecular flexibility index (Phi) is 5.41. The van der Waals surface area contributed by atoms with Gasteiger partial charge in [-0.2, -0.15) is 0 Å². The number of benzene rings is 2. The topological polar surface area (TPSA) is 76.7 Å². The van der Waals surface area contributed by atoms with E-state index in [1.807, 2.05) is 6.07 Å². The first-order valence-corrected chi connectivity index (χ1v) is 8.50. The smallest absolute Gasteiger partial charge is 0.251 e. The van der Waals surface area contributed by atoms with Crippen molar-refractivity contribution in [2.75, 3.05) is 19.5 Å². The maximum atomic E-state index is 12.3. The molecule has 6 nitrogen and oxygen atoms in total. The number of hydrogen-bond donors (Lipinski definition) is 2. The number of rotatable bonds is 7. The summed E-state index contributed by atoms with van der Waals surface area (Å²) >= 11 is 0. The Bertz CT molecular complexity index is 815. The largest absolute Gasteiger partial charge is 0.493 e. The van der Waals surface area contributed by atoms with Crippen molar-refractivity contribution in [3.05, 3.63) is 53.6 Å². The van der Waals surface area contributed by atoms with Crippen molar-refractivity contribution in [3.8, 4) is 11.5 Å². The third-order valence-electron chi connectivity index (χ3n) is 4.13. The highest BCUT2D eigenvalue weighted by Gasteiger charge is 2.23. The summed E-state index contributed by atoms with van der Waals surface area (Å²) in [5, 5.41) is 5.77. The van der Waals surface area contributed by atoms with E-state index in [1.165, 1.54) is 0 Å². The summed E-state index contributed by atoms with van der Waals surface area (Å²) in [6.45, 7) is 0. The fourth-order valence-electron chi connectivity index (χ4n) is 2.62. The van der Waals surface area contributed by atoms with Crippen LogP contribution < -0.4 is 20.1 Å². The number of methoxy groups -OCH3 is 2. The first-order valence-electron chi connectivity index (χ1n) is 8.50. The molecule has 0 saturated heterocycles. The van der Waals surface area contributed by atoms with Gasteiger partial charge in [-0.05, 0) is 48.7 Å². The molecular formula is C20H22N2O4. The van der Waals surface area contributed by atoms with Crippen molar-refractivity contribution >= 4 is 17.5 Å². The Balaban J connectivity index is 1.63. The Morgan fingerprint density at radius 2 is 1.81 bits per heavy atom. The number of nitrogens with one attached hydrogen (secondary N) is 2. The summed E-state index contributed by atoms with van der Waals surface area (Å²) < 4.78 is 10.5. The molecule has 0 atom stereocenters. The highest BCUT2D eigenvalue weighted by Crippen LogP contribution is 2.27. The summed E-state index contributed by atoms with van der Waals surface area (Å²) in [6, 6.07) is 12.6. The maximum Gasteiger partial charge on any atom is 0.251 e. The van der Waals surface area contributed by atoms with Crippen LogP contribution in [0.2, 0.25) is 0 Å². The SMILES string of the molecule is COc1ccc(CC(=O)Nc2cccc(C(=O)NC3CC3)c2)cc1OC. The standard InChI is InChI=1S/C20H22N2O4/c1-25-17-9-6-13(10-18(17)26-2)11-19(23)21-16-5-3-4-14(12-16)20(24)22-15-7-8-15/h3-6,9-10,12,15H,7-8,11H2,1-2H3,(H,21,23)(H,22,24). The molecule has 2 amide bonds. The Labute approximate surface area is 152 Å². The molecule has 1 saturated carbocycles. The first-order chi connectivity index (χ1) is 12.6. The van der Waals surface area contributed by atoms with Crippen molar-refractivity contribution in [1.82, 2.24) is 5.32 Å². The fraction of sp³-hybridized carbons (Fsp3) is 0.300. The van der Waals surface area contributed by atoms with Crippen LogP contribution in [0.4, 0.5) is 5.69 Å². The zero-order valence-electron chi connectivity index (χ0n) is 14.9. The predicted octanol–water partition coefficient (Wildman–Crippen LogP) is 2.78. The number of hydrogen-bond acceptors (Lipinski definition) is 4. The lowest BCUT2D eigenvalue weighted by molar-refractivity contribution is -0.115. The average molecular weight is 354 g/mol. The molecule has 0 unspecified atom stereocenters. The van der Waals surface area contributed by atoms with Crippen LogP contribution in [0.25, 0.3) is 0 Å². The molecule has 136 valence electrons. The minimum Gasteiger partial charge on any atom is -0.493 e. The van der Waals surface area contributed by atoms with Gasteiger partial charge < -0.3 is 20.1 Å². The molecule has 26 heavy (non-hydrogen) atoms. The second-order valence-corrected chi connectivity index (χ2v) is 6.24. The number of carbonyl (C=O) groups is 2. The van der Waals surface area contributed by atoms with E-state index in [0.29, 0.717) is 28.8 Å². The Morgan fingerprint density at radius 1 is 1.04 bits per heavy atom. The molecule has 6 heteroatoms. The quantitative estimate of drug-likeness (QED) is 0.802. The third kappa shape index (κ3) is 4.53. The molecule has 0 spiro atoms. The zero-order chi connectivity index (χ0) is 18.5. The highest BCUT2D eigenvalue weighted by atomic mass is 16.5. The normalized spacial score (nSPS) is 13.0. The Hall–Kier alpha value is -3.02. The molecule has 0 aliphatic heterocycles. The van der Waals surface area contributed by atoms with E-state index in [9.17, 15) is 9.59 Å². The second kappa shape index (κ2) is 7.91. The zero-order valence-corrected chi connectivity index (χ0v) is 14.9. The van der Waals surface area contributed by atoms with Gasteiger partial charge >= 0.3 is 0 Å². The van der Waals surface area contributed by atoms with Gasteiger partial charge in [0.2, 0.25) is 5.91 Å². The van der Waals surface area contributed by atoms with Crippen LogP contribution >= 0.6 is 0 Å². The minimum atomic E-state index is -0.169. The van der Waals surface area contributed by atoms with Gasteiger partial charge in [-0.15, -0.1) is 0 Å². The van der Waals surface area contributed by atoms with E-state index in [0.717, 1.165) is 18.4 Å². The van der Waals surface area contributed by atoms with Crippen molar-refractivity contribution in [3.63, 3.8) is 0 Å². The molecule has 2 aromatic carbocycles. The van der Waals surface area contributed by atoms with Crippen LogP contribution in [0.3, 0.4) is 0 Å². The van der Waals surface area contributed by atoms with Gasteiger partial charge in [0.15, 0.2) is 11.5 Å². The monoisotopic (exact) mass is 354 g/mol. The average Bonchev–Trinajstić information content (AvgIpc) is 3.45. The minimum absolute atomic E-state index is 0.108. The summed E-state index contributed by atoms with van der Waals surface area (Å²) in [5.41, 5.74) is 1.95. The number of carbonyl (C=O) groups excluding carboxylic acids is 2.